The Kier molecular flexibility index (Phi) is 6.85. The van der Waals surface area contributed by atoms with Crippen LogP contribution in [0.25, 0.3) is 120 Å². The summed E-state index contributed by atoms with van der Waals surface area (Å²) in [5.74, 6) is 0. The first-order chi connectivity index (χ1) is 29.5. The van der Waals surface area contributed by atoms with Crippen molar-refractivity contribution in [1.82, 2.24) is 0 Å². The minimum Gasteiger partial charge on any atom is -0.455 e. The highest BCUT2D eigenvalue weighted by Crippen LogP contribution is 2.53. The largest absolute Gasteiger partial charge is 0.455 e. The van der Waals surface area contributed by atoms with Crippen molar-refractivity contribution < 1.29 is 4.42 Å². The van der Waals surface area contributed by atoms with E-state index in [9.17, 15) is 0 Å². The molecule has 0 unspecified atom stereocenters. The predicted molar refractivity (Wildman–Crippen MR) is 255 cm³/mol. The van der Waals surface area contributed by atoms with Crippen molar-refractivity contribution in [3.05, 3.63) is 205 Å². The van der Waals surface area contributed by atoms with Gasteiger partial charge in [-0.15, -0.1) is 0 Å². The van der Waals surface area contributed by atoms with Crippen LogP contribution >= 0.6 is 0 Å². The highest BCUT2D eigenvalue weighted by Gasteiger charge is 2.36. The van der Waals surface area contributed by atoms with Gasteiger partial charge in [0.1, 0.15) is 11.2 Å². The van der Waals surface area contributed by atoms with Crippen LogP contribution in [-0.2, 0) is 5.41 Å². The summed E-state index contributed by atoms with van der Waals surface area (Å²) in [6.45, 7) is 4.80. The molecule has 0 fully saturated rings. The molecule has 1 heterocycles. The van der Waals surface area contributed by atoms with Gasteiger partial charge in [-0.1, -0.05) is 184 Å². The summed E-state index contributed by atoms with van der Waals surface area (Å²) >= 11 is 0. The molecule has 280 valence electrons. The van der Waals surface area contributed by atoms with Gasteiger partial charge in [-0.05, 0) is 128 Å². The van der Waals surface area contributed by atoms with E-state index in [-0.39, 0.29) is 5.41 Å². The fourth-order valence-electron chi connectivity index (χ4n) is 10.8. The van der Waals surface area contributed by atoms with Gasteiger partial charge in [-0.2, -0.15) is 0 Å². The van der Waals surface area contributed by atoms with Crippen LogP contribution in [0.3, 0.4) is 0 Å². The number of furan rings is 1. The molecule has 0 N–H and O–H groups in total. The highest BCUT2D eigenvalue weighted by molar-refractivity contribution is 6.30. The summed E-state index contributed by atoms with van der Waals surface area (Å²) in [6, 6.07) is 71.9. The number of benzene rings is 11. The zero-order valence-corrected chi connectivity index (χ0v) is 33.4. The van der Waals surface area contributed by atoms with Gasteiger partial charge >= 0.3 is 0 Å². The first-order valence-corrected chi connectivity index (χ1v) is 21.0. The van der Waals surface area contributed by atoms with Crippen LogP contribution in [0.4, 0.5) is 0 Å². The molecule has 0 amide bonds. The van der Waals surface area contributed by atoms with Crippen LogP contribution in [0, 0.1) is 0 Å². The number of fused-ring (bicyclic) bond motifs is 14. The van der Waals surface area contributed by atoms with Gasteiger partial charge in [-0.3, -0.25) is 0 Å². The molecular formula is C59H38O. The zero-order valence-electron chi connectivity index (χ0n) is 33.4. The monoisotopic (exact) mass is 762 g/mol. The van der Waals surface area contributed by atoms with Crippen LogP contribution in [0.5, 0.6) is 0 Å². The zero-order chi connectivity index (χ0) is 39.7. The lowest BCUT2D eigenvalue weighted by molar-refractivity contribution is 0.661. The van der Waals surface area contributed by atoms with Gasteiger partial charge in [0.2, 0.25) is 0 Å². The summed E-state index contributed by atoms with van der Waals surface area (Å²) in [4.78, 5) is 0. The van der Waals surface area contributed by atoms with E-state index in [4.69, 9.17) is 4.42 Å². The summed E-state index contributed by atoms with van der Waals surface area (Å²) in [5.41, 5.74) is 14.6. The second-order valence-electron chi connectivity index (χ2n) is 17.1. The van der Waals surface area contributed by atoms with Crippen LogP contribution in [-0.4, -0.2) is 0 Å². The Labute approximate surface area is 347 Å². The summed E-state index contributed by atoms with van der Waals surface area (Å²) in [7, 11) is 0. The number of hydrogen-bond donors (Lipinski definition) is 0. The molecule has 11 aromatic carbocycles. The molecular weight excluding hydrogens is 725 g/mol. The molecule has 1 aliphatic rings. The van der Waals surface area contributed by atoms with Crippen molar-refractivity contribution in [2.45, 2.75) is 19.3 Å². The molecule has 0 bridgehead atoms. The molecule has 0 radical (unpaired) electrons. The van der Waals surface area contributed by atoms with Crippen molar-refractivity contribution >= 4 is 75.8 Å². The summed E-state index contributed by atoms with van der Waals surface area (Å²) in [5, 5.41) is 14.8. The Morgan fingerprint density at radius 3 is 1.50 bits per heavy atom. The van der Waals surface area contributed by atoms with Crippen molar-refractivity contribution in [3.8, 4) is 44.5 Å². The fraction of sp³-hybridized carbons (Fsp3) is 0.0508. The lowest BCUT2D eigenvalue weighted by Gasteiger charge is -2.23. The predicted octanol–water partition coefficient (Wildman–Crippen LogP) is 16.7. The van der Waals surface area contributed by atoms with Crippen molar-refractivity contribution in [3.63, 3.8) is 0 Å². The van der Waals surface area contributed by atoms with E-state index in [1.807, 2.05) is 0 Å². The lowest BCUT2D eigenvalue weighted by atomic mass is 9.80. The third kappa shape index (κ3) is 4.58. The Morgan fingerprint density at radius 2 is 0.817 bits per heavy atom. The van der Waals surface area contributed by atoms with E-state index < -0.39 is 0 Å². The smallest absolute Gasteiger partial charge is 0.143 e. The molecule has 13 rings (SSSR count). The molecule has 1 aliphatic carbocycles. The van der Waals surface area contributed by atoms with Gasteiger partial charge in [0.25, 0.3) is 0 Å². The quantitative estimate of drug-likeness (QED) is 0.129. The summed E-state index contributed by atoms with van der Waals surface area (Å²) < 4.78 is 6.66. The van der Waals surface area contributed by atoms with Gasteiger partial charge < -0.3 is 4.42 Å². The SMILES string of the molecule is CC1(C)c2cc(-c3ccc4oc5c6ccccc6c6ccccc6c5c4c3)ccc2-c2ccc(-c3c4ccccc4c(-c4cccc5ccccc45)c4ccccc34)cc21. The molecule has 0 atom stereocenters. The molecule has 60 heavy (non-hydrogen) atoms. The average molecular weight is 763 g/mol. The van der Waals surface area contributed by atoms with Crippen LogP contribution < -0.4 is 0 Å². The van der Waals surface area contributed by atoms with Crippen LogP contribution in [0.1, 0.15) is 25.0 Å². The molecule has 1 heteroatoms. The Balaban J connectivity index is 0.962. The average Bonchev–Trinajstić information content (AvgIpc) is 3.80. The van der Waals surface area contributed by atoms with Crippen LogP contribution in [0.15, 0.2) is 199 Å². The van der Waals surface area contributed by atoms with Crippen molar-refractivity contribution in [2.24, 2.45) is 0 Å². The molecule has 0 saturated heterocycles. The van der Waals surface area contributed by atoms with Crippen molar-refractivity contribution in [2.75, 3.05) is 0 Å². The fourth-order valence-corrected chi connectivity index (χ4v) is 10.8. The van der Waals surface area contributed by atoms with E-state index >= 15 is 0 Å². The minimum atomic E-state index is -0.202. The van der Waals surface area contributed by atoms with E-state index in [0.29, 0.717) is 0 Å². The Hall–Kier alpha value is -7.48. The molecule has 0 spiro atoms. The number of hydrogen-bond acceptors (Lipinski definition) is 1. The molecule has 12 aromatic rings. The second kappa shape index (κ2) is 12.3. The van der Waals surface area contributed by atoms with Gasteiger partial charge in [-0.25, -0.2) is 0 Å². The van der Waals surface area contributed by atoms with Gasteiger partial charge in [0, 0.05) is 21.6 Å². The first kappa shape index (κ1) is 33.5. The molecule has 0 aliphatic heterocycles. The van der Waals surface area contributed by atoms with E-state index in [1.54, 1.807) is 0 Å². The summed E-state index contributed by atoms with van der Waals surface area (Å²) in [6.07, 6.45) is 0. The maximum Gasteiger partial charge on any atom is 0.143 e. The van der Waals surface area contributed by atoms with Gasteiger partial charge in [0.15, 0.2) is 0 Å². The topological polar surface area (TPSA) is 13.1 Å². The van der Waals surface area contributed by atoms with E-state index in [0.717, 1.165) is 21.9 Å². The number of rotatable bonds is 3. The highest BCUT2D eigenvalue weighted by atomic mass is 16.3. The van der Waals surface area contributed by atoms with E-state index in [2.05, 4.69) is 208 Å². The molecule has 1 aromatic heterocycles. The van der Waals surface area contributed by atoms with Crippen LogP contribution in [0.2, 0.25) is 0 Å². The van der Waals surface area contributed by atoms with Gasteiger partial charge in [0.05, 0.1) is 0 Å². The minimum absolute atomic E-state index is 0.202. The molecule has 0 saturated carbocycles. The van der Waals surface area contributed by atoms with Crippen molar-refractivity contribution in [1.29, 1.82) is 0 Å². The Bertz CT molecular complexity index is 3740. The Morgan fingerprint density at radius 1 is 0.333 bits per heavy atom. The maximum atomic E-state index is 6.66. The standard InChI is InChI=1S/C59H38O/c1-59(2)52-33-37(36-28-31-54-51(32-36)57-45-19-7-5-17-40(45)41-18-6-12-24-50(41)58(57)60-54)26-29-42(52)43-30-27-38(34-53(43)59)55-46-20-8-10-22-48(46)56(49-23-11-9-21-47(49)55)44-25-13-15-35-14-3-4-16-39(35)44/h3-34H,1-2H3. The third-order valence-corrected chi connectivity index (χ3v) is 13.6. The maximum absolute atomic E-state index is 6.66. The molecule has 1 nitrogen and oxygen atoms in total. The normalized spacial score (nSPS) is 13.3. The first-order valence-electron chi connectivity index (χ1n) is 21.0. The second-order valence-corrected chi connectivity index (χ2v) is 17.1. The third-order valence-electron chi connectivity index (χ3n) is 13.6. The van der Waals surface area contributed by atoms with E-state index in [1.165, 1.54) is 109 Å². The lowest BCUT2D eigenvalue weighted by Crippen LogP contribution is -2.15.